The van der Waals surface area contributed by atoms with Gasteiger partial charge in [0.05, 0.1) is 30.8 Å². The van der Waals surface area contributed by atoms with E-state index < -0.39 is 107 Å². The number of aliphatic hydroxyl groups excluding tert-OH is 5. The first-order valence-corrected chi connectivity index (χ1v) is 26.6. The Morgan fingerprint density at radius 3 is 2.28 bits per heavy atom. The molecule has 2 aliphatic rings. The molecule has 0 saturated heterocycles. The second-order valence-electron chi connectivity index (χ2n) is 16.8. The van der Waals surface area contributed by atoms with E-state index in [-0.39, 0.29) is 32.1 Å². The number of fused-ring (bicyclic) bond motifs is 4. The molecule has 382 valence electrons. The van der Waals surface area contributed by atoms with Gasteiger partial charge in [0.25, 0.3) is 0 Å². The van der Waals surface area contributed by atoms with E-state index in [0.717, 1.165) is 76.4 Å². The van der Waals surface area contributed by atoms with Crippen LogP contribution < -0.4 is 0 Å². The number of hydrogen-bond acceptors (Lipinski definition) is 15. The van der Waals surface area contributed by atoms with Gasteiger partial charge in [0.15, 0.2) is 11.9 Å². The van der Waals surface area contributed by atoms with Gasteiger partial charge in [-0.2, -0.15) is 0 Å². The van der Waals surface area contributed by atoms with E-state index in [4.69, 9.17) is 23.0 Å². The van der Waals surface area contributed by atoms with Crippen LogP contribution in [0, 0.1) is 11.8 Å². The maximum absolute atomic E-state index is 13.8. The van der Waals surface area contributed by atoms with Crippen molar-refractivity contribution in [3.63, 3.8) is 0 Å². The molecule has 1 aliphatic carbocycles. The second-order valence-corrected chi connectivity index (χ2v) is 19.3. The molecule has 0 aromatic rings. The Hall–Kier alpha value is -2.93. The van der Waals surface area contributed by atoms with Crippen LogP contribution in [0.25, 0.3) is 0 Å². The molecule has 0 radical (unpaired) electrons. The van der Waals surface area contributed by atoms with Crippen LogP contribution in [-0.4, -0.2) is 120 Å². The van der Waals surface area contributed by atoms with Crippen LogP contribution in [0.15, 0.2) is 72.9 Å². The van der Waals surface area contributed by atoms with E-state index in [1.807, 2.05) is 6.92 Å². The molecular formula is C47H76O18P2. The van der Waals surface area contributed by atoms with E-state index in [0.29, 0.717) is 19.3 Å². The summed E-state index contributed by atoms with van der Waals surface area (Å²) >= 11 is 0. The summed E-state index contributed by atoms with van der Waals surface area (Å²) in [5, 5.41) is 56.4. The Bertz CT molecular complexity index is 1720. The number of phosphoric acid groups is 2. The van der Waals surface area contributed by atoms with Crippen molar-refractivity contribution in [2.24, 2.45) is 11.8 Å². The molecule has 18 nitrogen and oxygen atoms in total. The maximum atomic E-state index is 13.8. The van der Waals surface area contributed by atoms with Crippen molar-refractivity contribution < 1.29 is 86.8 Å². The third-order valence-electron chi connectivity index (χ3n) is 11.0. The normalized spacial score (nSPS) is 30.4. The smallest absolute Gasteiger partial charge is 0.462 e. The predicted molar refractivity (Wildman–Crippen MR) is 250 cm³/mol. The fourth-order valence-corrected chi connectivity index (χ4v) is 8.77. The molecule has 0 fully saturated rings. The van der Waals surface area contributed by atoms with Crippen molar-refractivity contribution in [1.29, 1.82) is 0 Å². The maximum Gasteiger partial charge on any atom is 0.472 e. The zero-order valence-electron chi connectivity index (χ0n) is 38.9. The van der Waals surface area contributed by atoms with Crippen molar-refractivity contribution in [3.05, 3.63) is 72.9 Å². The highest BCUT2D eigenvalue weighted by Crippen LogP contribution is 2.49. The van der Waals surface area contributed by atoms with E-state index in [1.54, 1.807) is 12.2 Å². The summed E-state index contributed by atoms with van der Waals surface area (Å²) in [5.41, 5.74) is 0. The van der Waals surface area contributed by atoms with E-state index >= 15 is 0 Å². The van der Waals surface area contributed by atoms with Crippen LogP contribution >= 0.6 is 15.6 Å². The van der Waals surface area contributed by atoms with Gasteiger partial charge in [0.1, 0.15) is 31.0 Å². The summed E-state index contributed by atoms with van der Waals surface area (Å²) in [6.07, 6.45) is 14.1. The van der Waals surface area contributed by atoms with Crippen molar-refractivity contribution in [3.8, 4) is 0 Å². The molecule has 1 unspecified atom stereocenters. The molecule has 2 rings (SSSR count). The number of carbonyl (C=O) groups excluding carboxylic acids is 3. The SMILES string of the molecule is CC/C=C\C/C=C\C/C=C\CCCCCCCC(=O)OC[C@@H]1COP(=O)(O)O[C@H]2[C@H](O)[C@@H](O)[C@H](O)[C@H](/C=C\C(=O)[C@H](/C=C/[C@@H](O)CCCCC)[C@@H](O)[C@H]2OP(=O)(O)O)C/C=C\CCCC(=O)O1. The number of allylic oxidation sites excluding steroid dienone is 9. The summed E-state index contributed by atoms with van der Waals surface area (Å²) < 4.78 is 52.0. The minimum absolute atomic E-state index is 0.0407. The highest BCUT2D eigenvalue weighted by molar-refractivity contribution is 7.47. The second kappa shape index (κ2) is 33.6. The standard InChI is InChI=1S/C47H76O18P2/c1-3-5-7-8-9-10-11-12-13-14-15-16-17-18-23-27-40(50)61-33-37-34-62-67(59,60)65-47-45(55)44(54)42(52)35(25-22-19-20-24-28-41(51)63-37)29-32-39(49)38(31-30-36(48)26-21-6-4-2)43(53)46(47)64-66(56,57)58/h5,7,9-10,12-13,19,22,29-32,35-38,42-48,52-55H,3-4,6,8,11,14-18,20-21,23-28,33-34H2,1-2H3,(H,59,60)(H2,56,57,58)/b7-5-,10-9-,13-12-,22-19-,31-30+,32-29-/t35-,36-,37+,38-,42+,43+,44-,45+,46+,47-/m0/s1. The number of carbonyl (C=O) groups is 3. The summed E-state index contributed by atoms with van der Waals surface area (Å²) in [7, 11) is -11.4. The Kier molecular flexibility index (Phi) is 30.2. The topological polar surface area (TPSA) is 293 Å². The number of esters is 2. The van der Waals surface area contributed by atoms with Gasteiger partial charge < -0.3 is 49.7 Å². The number of ether oxygens (including phenoxy) is 2. The first-order chi connectivity index (χ1) is 31.9. The van der Waals surface area contributed by atoms with Crippen molar-refractivity contribution in [2.45, 2.75) is 178 Å². The van der Waals surface area contributed by atoms with Crippen LogP contribution in [-0.2, 0) is 46.6 Å². The first-order valence-electron chi connectivity index (χ1n) is 23.5. The van der Waals surface area contributed by atoms with Crippen LogP contribution in [0.4, 0.5) is 0 Å². The van der Waals surface area contributed by atoms with E-state index in [9.17, 15) is 63.7 Å². The fourth-order valence-electron chi connectivity index (χ4n) is 7.24. The molecule has 0 amide bonds. The van der Waals surface area contributed by atoms with Gasteiger partial charge in [-0.1, -0.05) is 119 Å². The number of aliphatic hydroxyl groups is 5. The molecule has 11 atom stereocenters. The molecule has 67 heavy (non-hydrogen) atoms. The Labute approximate surface area is 395 Å². The van der Waals surface area contributed by atoms with Gasteiger partial charge in [-0.25, -0.2) is 9.13 Å². The monoisotopic (exact) mass is 990 g/mol. The molecule has 0 aromatic carbocycles. The summed E-state index contributed by atoms with van der Waals surface area (Å²) in [6.45, 7) is 2.46. The lowest BCUT2D eigenvalue weighted by Gasteiger charge is -2.38. The van der Waals surface area contributed by atoms with Gasteiger partial charge in [-0.15, -0.1) is 0 Å². The van der Waals surface area contributed by atoms with Crippen LogP contribution in [0.3, 0.4) is 0 Å². The predicted octanol–water partition coefficient (Wildman–Crippen LogP) is 6.45. The lowest BCUT2D eigenvalue weighted by molar-refractivity contribution is -0.163. The average molecular weight is 991 g/mol. The zero-order valence-corrected chi connectivity index (χ0v) is 40.7. The summed E-state index contributed by atoms with van der Waals surface area (Å²) in [4.78, 5) is 70.2. The lowest BCUT2D eigenvalue weighted by atomic mass is 9.87. The molecular weight excluding hydrogens is 914 g/mol. The molecule has 8 N–H and O–H groups in total. The van der Waals surface area contributed by atoms with Crippen molar-refractivity contribution >= 4 is 33.4 Å². The van der Waals surface area contributed by atoms with E-state index in [1.165, 1.54) is 12.2 Å². The summed E-state index contributed by atoms with van der Waals surface area (Å²) in [5.74, 6) is -5.31. The van der Waals surface area contributed by atoms with E-state index in [2.05, 4.69) is 43.4 Å². The third-order valence-corrected chi connectivity index (χ3v) is 12.5. The Morgan fingerprint density at radius 2 is 1.58 bits per heavy atom. The highest BCUT2D eigenvalue weighted by atomic mass is 31.2. The fraction of sp³-hybridized carbons (Fsp3) is 0.681. The minimum atomic E-state index is -5.75. The molecule has 2 bridgehead atoms. The third kappa shape index (κ3) is 26.0. The van der Waals surface area contributed by atoms with Gasteiger partial charge in [-0.3, -0.25) is 28.0 Å². The van der Waals surface area contributed by atoms with Gasteiger partial charge in [0, 0.05) is 18.8 Å². The van der Waals surface area contributed by atoms with Gasteiger partial charge in [0.2, 0.25) is 0 Å². The minimum Gasteiger partial charge on any atom is -0.462 e. The molecule has 1 aliphatic heterocycles. The number of cyclic esters (lactones) is 1. The number of unbranched alkanes of at least 4 members (excludes halogenated alkanes) is 7. The Morgan fingerprint density at radius 1 is 0.896 bits per heavy atom. The molecule has 1 heterocycles. The van der Waals surface area contributed by atoms with Crippen LogP contribution in [0.1, 0.15) is 129 Å². The van der Waals surface area contributed by atoms with Gasteiger partial charge in [-0.05, 0) is 70.3 Å². The van der Waals surface area contributed by atoms with Crippen LogP contribution in [0.5, 0.6) is 0 Å². The molecule has 0 spiro atoms. The lowest BCUT2D eigenvalue weighted by Crippen LogP contribution is -2.56. The average Bonchev–Trinajstić information content (AvgIpc) is 3.28. The Balaban J connectivity index is 2.29. The number of hydrogen-bond donors (Lipinski definition) is 8. The number of ketones is 1. The molecule has 0 aromatic heterocycles. The summed E-state index contributed by atoms with van der Waals surface area (Å²) in [6, 6.07) is 0. The van der Waals surface area contributed by atoms with Crippen LogP contribution in [0.2, 0.25) is 0 Å². The zero-order chi connectivity index (χ0) is 49.7. The quantitative estimate of drug-likeness (QED) is 0.0236. The number of rotatable bonds is 23. The highest BCUT2D eigenvalue weighted by Gasteiger charge is 2.50. The largest absolute Gasteiger partial charge is 0.472 e. The molecule has 0 saturated carbocycles. The molecule has 20 heteroatoms. The van der Waals surface area contributed by atoms with Gasteiger partial charge >= 0.3 is 27.6 Å². The number of phosphoric ester groups is 2. The van der Waals surface area contributed by atoms with Crippen molar-refractivity contribution in [2.75, 3.05) is 13.2 Å². The first kappa shape index (κ1) is 60.2. The van der Waals surface area contributed by atoms with Crippen molar-refractivity contribution in [1.82, 2.24) is 0 Å².